The van der Waals surface area contributed by atoms with Gasteiger partial charge in [-0.25, -0.2) is 4.68 Å². The van der Waals surface area contributed by atoms with Gasteiger partial charge in [0.25, 0.3) is 0 Å². The second kappa shape index (κ2) is 10.2. The Bertz CT molecular complexity index is 838. The van der Waals surface area contributed by atoms with E-state index in [9.17, 15) is 0 Å². The van der Waals surface area contributed by atoms with Crippen LogP contribution in [0, 0.1) is 0 Å². The van der Waals surface area contributed by atoms with Crippen molar-refractivity contribution in [2.45, 2.75) is 45.1 Å². The van der Waals surface area contributed by atoms with Gasteiger partial charge in [0, 0.05) is 10.7 Å². The van der Waals surface area contributed by atoms with E-state index in [1.165, 1.54) is 36.8 Å². The van der Waals surface area contributed by atoms with Gasteiger partial charge in [-0.2, -0.15) is 0 Å². The Kier molecular flexibility index (Phi) is 7.40. The molecule has 3 rings (SSSR count). The van der Waals surface area contributed by atoms with Gasteiger partial charge in [-0.1, -0.05) is 102 Å². The number of allylic oxidation sites excluding steroid dienone is 1. The molecule has 0 saturated heterocycles. The average Bonchev–Trinajstić information content (AvgIpc) is 3.16. The monoisotopic (exact) mass is 423 g/mol. The molecule has 2 aromatic carbocycles. The number of hydrogen-bond donors (Lipinski definition) is 0. The predicted octanol–water partition coefficient (Wildman–Crippen LogP) is 6.47. The molecule has 1 heterocycles. The minimum atomic E-state index is 0.0340. The fourth-order valence-electron chi connectivity index (χ4n) is 3.08. The van der Waals surface area contributed by atoms with Crippen molar-refractivity contribution < 1.29 is 0 Å². The van der Waals surface area contributed by atoms with Crippen LogP contribution >= 0.6 is 15.9 Å². The summed E-state index contributed by atoms with van der Waals surface area (Å²) in [5.41, 5.74) is 3.44. The predicted molar refractivity (Wildman–Crippen MR) is 116 cm³/mol. The molecule has 0 aliphatic carbocycles. The van der Waals surface area contributed by atoms with Gasteiger partial charge in [-0.15, -0.1) is 5.10 Å². The van der Waals surface area contributed by atoms with Crippen molar-refractivity contribution in [2.75, 3.05) is 0 Å². The van der Waals surface area contributed by atoms with Crippen LogP contribution in [-0.4, -0.2) is 15.0 Å². The maximum absolute atomic E-state index is 4.43. The van der Waals surface area contributed by atoms with E-state index < -0.39 is 0 Å². The lowest BCUT2D eigenvalue weighted by atomic mass is 10.1. The minimum absolute atomic E-state index is 0.0340. The number of benzene rings is 2. The van der Waals surface area contributed by atoms with E-state index in [-0.39, 0.29) is 6.04 Å². The molecule has 0 aliphatic heterocycles. The van der Waals surface area contributed by atoms with Crippen molar-refractivity contribution in [1.82, 2.24) is 15.0 Å². The third kappa shape index (κ3) is 5.90. The van der Waals surface area contributed by atoms with Crippen LogP contribution in [0.25, 0.3) is 6.08 Å². The van der Waals surface area contributed by atoms with E-state index in [2.05, 4.69) is 100 Å². The van der Waals surface area contributed by atoms with Crippen molar-refractivity contribution in [1.29, 1.82) is 0 Å². The Morgan fingerprint density at radius 3 is 2.52 bits per heavy atom. The fraction of sp³-hybridized carbons (Fsp3) is 0.304. The number of hydrogen-bond acceptors (Lipinski definition) is 2. The smallest absolute Gasteiger partial charge is 0.0970 e. The van der Waals surface area contributed by atoms with Gasteiger partial charge in [0.05, 0.1) is 11.7 Å². The summed E-state index contributed by atoms with van der Waals surface area (Å²) in [6.45, 7) is 2.23. The van der Waals surface area contributed by atoms with Crippen molar-refractivity contribution in [3.63, 3.8) is 0 Å². The van der Waals surface area contributed by atoms with E-state index >= 15 is 0 Å². The zero-order valence-electron chi connectivity index (χ0n) is 15.8. The normalized spacial score (nSPS) is 12.5. The first kappa shape index (κ1) is 19.6. The molecular formula is C23H26BrN3. The van der Waals surface area contributed by atoms with E-state index in [1.54, 1.807) is 0 Å². The van der Waals surface area contributed by atoms with E-state index in [1.807, 2.05) is 10.7 Å². The molecular weight excluding hydrogens is 398 g/mol. The topological polar surface area (TPSA) is 30.7 Å². The molecule has 3 nitrogen and oxygen atoms in total. The highest BCUT2D eigenvalue weighted by atomic mass is 79.9. The molecule has 27 heavy (non-hydrogen) atoms. The summed E-state index contributed by atoms with van der Waals surface area (Å²) in [5.74, 6) is 0. The molecule has 4 heteroatoms. The summed E-state index contributed by atoms with van der Waals surface area (Å²) >= 11 is 3.49. The SMILES string of the molecule is CCCCCCc1cn(C(/C=C/c2ccc(Br)cc2)c2ccccc2)nn1. The first-order valence-corrected chi connectivity index (χ1v) is 10.4. The fourth-order valence-corrected chi connectivity index (χ4v) is 3.34. The number of nitrogens with zero attached hydrogens (tertiary/aromatic N) is 3. The van der Waals surface area contributed by atoms with E-state index in [0.29, 0.717) is 0 Å². The number of aryl methyl sites for hydroxylation is 1. The highest BCUT2D eigenvalue weighted by molar-refractivity contribution is 9.10. The number of unbranched alkanes of at least 4 members (excludes halogenated alkanes) is 3. The first-order valence-electron chi connectivity index (χ1n) is 9.65. The molecule has 0 saturated carbocycles. The summed E-state index contributed by atoms with van der Waals surface area (Å²) in [6.07, 6.45) is 12.4. The molecule has 1 aromatic heterocycles. The first-order chi connectivity index (χ1) is 13.3. The van der Waals surface area contributed by atoms with Crippen LogP contribution in [0.15, 0.2) is 71.3 Å². The Morgan fingerprint density at radius 2 is 1.78 bits per heavy atom. The molecule has 1 atom stereocenters. The summed E-state index contributed by atoms with van der Waals surface area (Å²) in [7, 11) is 0. The number of rotatable bonds is 9. The molecule has 0 N–H and O–H groups in total. The molecule has 0 bridgehead atoms. The zero-order valence-corrected chi connectivity index (χ0v) is 17.3. The highest BCUT2D eigenvalue weighted by Gasteiger charge is 2.12. The maximum Gasteiger partial charge on any atom is 0.0970 e. The standard InChI is InChI=1S/C23H26BrN3/c1-2-3-4-8-11-22-18-27(26-25-22)23(20-9-6-5-7-10-20)17-14-19-12-15-21(24)16-13-19/h5-7,9-10,12-18,23H,2-4,8,11H2,1H3/b17-14+. The van der Waals surface area contributed by atoms with Crippen molar-refractivity contribution >= 4 is 22.0 Å². The van der Waals surface area contributed by atoms with Gasteiger partial charge in [-0.3, -0.25) is 0 Å². The largest absolute Gasteiger partial charge is 0.241 e. The third-order valence-corrected chi connectivity index (χ3v) is 5.14. The molecule has 3 aromatic rings. The lowest BCUT2D eigenvalue weighted by molar-refractivity contribution is 0.586. The van der Waals surface area contributed by atoms with Crippen LogP contribution in [0.2, 0.25) is 0 Å². The maximum atomic E-state index is 4.43. The van der Waals surface area contributed by atoms with Crippen molar-refractivity contribution in [3.05, 3.63) is 88.2 Å². The summed E-state index contributed by atoms with van der Waals surface area (Å²) < 4.78 is 3.06. The highest BCUT2D eigenvalue weighted by Crippen LogP contribution is 2.21. The van der Waals surface area contributed by atoms with Gasteiger partial charge >= 0.3 is 0 Å². The Balaban J connectivity index is 1.78. The lowest BCUT2D eigenvalue weighted by Gasteiger charge is -2.13. The van der Waals surface area contributed by atoms with Crippen LogP contribution in [0.5, 0.6) is 0 Å². The molecule has 0 radical (unpaired) electrons. The Labute approximate surface area is 170 Å². The van der Waals surface area contributed by atoms with E-state index in [0.717, 1.165) is 16.6 Å². The van der Waals surface area contributed by atoms with Crippen LogP contribution in [0.3, 0.4) is 0 Å². The van der Waals surface area contributed by atoms with E-state index in [4.69, 9.17) is 0 Å². The van der Waals surface area contributed by atoms with Gasteiger partial charge in [-0.05, 0) is 36.1 Å². The zero-order chi connectivity index (χ0) is 18.9. The summed E-state index contributed by atoms with van der Waals surface area (Å²) in [6, 6.07) is 18.8. The van der Waals surface area contributed by atoms with Crippen LogP contribution in [-0.2, 0) is 6.42 Å². The second-order valence-corrected chi connectivity index (χ2v) is 7.68. The molecule has 0 aliphatic rings. The molecule has 0 amide bonds. The van der Waals surface area contributed by atoms with Crippen molar-refractivity contribution in [3.8, 4) is 0 Å². The van der Waals surface area contributed by atoms with Gasteiger partial charge in [0.15, 0.2) is 0 Å². The van der Waals surface area contributed by atoms with Gasteiger partial charge in [0.1, 0.15) is 0 Å². The minimum Gasteiger partial charge on any atom is -0.241 e. The molecule has 140 valence electrons. The van der Waals surface area contributed by atoms with Crippen LogP contribution in [0.1, 0.15) is 55.5 Å². The summed E-state index contributed by atoms with van der Waals surface area (Å²) in [4.78, 5) is 0. The molecule has 0 fully saturated rings. The molecule has 1 unspecified atom stereocenters. The molecule has 0 spiro atoms. The Hall–Kier alpha value is -2.20. The number of halogens is 1. The van der Waals surface area contributed by atoms with Gasteiger partial charge in [0.2, 0.25) is 0 Å². The quantitative estimate of drug-likeness (QED) is 0.369. The summed E-state index contributed by atoms with van der Waals surface area (Å²) in [5, 5.41) is 8.83. The van der Waals surface area contributed by atoms with Crippen LogP contribution in [0.4, 0.5) is 0 Å². The third-order valence-electron chi connectivity index (χ3n) is 4.61. The number of aromatic nitrogens is 3. The second-order valence-electron chi connectivity index (χ2n) is 6.77. The van der Waals surface area contributed by atoms with Gasteiger partial charge < -0.3 is 0 Å². The Morgan fingerprint density at radius 1 is 1.00 bits per heavy atom. The average molecular weight is 424 g/mol. The lowest BCUT2D eigenvalue weighted by Crippen LogP contribution is -2.09. The van der Waals surface area contributed by atoms with Crippen molar-refractivity contribution in [2.24, 2.45) is 0 Å². The van der Waals surface area contributed by atoms with Crippen LogP contribution < -0.4 is 0 Å².